The summed E-state index contributed by atoms with van der Waals surface area (Å²) in [6.07, 6.45) is 4.91. The second-order valence-electron chi connectivity index (χ2n) is 6.48. The van der Waals surface area contributed by atoms with Crippen LogP contribution in [0.25, 0.3) is 5.57 Å². The van der Waals surface area contributed by atoms with E-state index in [9.17, 15) is 9.59 Å². The molecular formula is C20H22N2O2. The minimum atomic E-state index is -0.375. The van der Waals surface area contributed by atoms with E-state index in [2.05, 4.69) is 24.8 Å². The van der Waals surface area contributed by atoms with Crippen LogP contribution in [0.4, 0.5) is 0 Å². The Hall–Kier alpha value is -2.54. The highest BCUT2D eigenvalue weighted by atomic mass is 16.2. The molecule has 1 aromatic rings. The number of hydrogen-bond donors (Lipinski definition) is 1. The SMILES string of the molecule is CC#CC(=O)N1CCCC(c2ccc(C(N)=O)c3c2C(C)=CC3)C1. The van der Waals surface area contributed by atoms with Crippen molar-refractivity contribution in [1.82, 2.24) is 4.90 Å². The van der Waals surface area contributed by atoms with Crippen LogP contribution in [0.1, 0.15) is 59.7 Å². The zero-order chi connectivity index (χ0) is 17.3. The van der Waals surface area contributed by atoms with Gasteiger partial charge in [0.15, 0.2) is 0 Å². The van der Waals surface area contributed by atoms with Crippen LogP contribution in [-0.2, 0) is 11.2 Å². The van der Waals surface area contributed by atoms with Gasteiger partial charge in [-0.1, -0.05) is 18.1 Å². The molecule has 1 aliphatic heterocycles. The smallest absolute Gasteiger partial charge is 0.298 e. The number of piperidine rings is 1. The number of likely N-dealkylation sites (tertiary alicyclic amines) is 1. The molecule has 4 heteroatoms. The molecule has 1 saturated heterocycles. The molecule has 124 valence electrons. The molecule has 2 N–H and O–H groups in total. The number of benzene rings is 1. The van der Waals surface area contributed by atoms with Gasteiger partial charge >= 0.3 is 0 Å². The van der Waals surface area contributed by atoms with Gasteiger partial charge in [0, 0.05) is 24.6 Å². The van der Waals surface area contributed by atoms with Crippen LogP contribution in [0.15, 0.2) is 18.2 Å². The minimum absolute atomic E-state index is 0.0973. The Bertz CT molecular complexity index is 796. The molecule has 1 aromatic carbocycles. The predicted molar refractivity (Wildman–Crippen MR) is 94.3 cm³/mol. The van der Waals surface area contributed by atoms with Gasteiger partial charge in [-0.05, 0) is 67.4 Å². The Labute approximate surface area is 142 Å². The highest BCUT2D eigenvalue weighted by Crippen LogP contribution is 2.39. The second kappa shape index (κ2) is 6.52. The number of fused-ring (bicyclic) bond motifs is 1. The van der Waals surface area contributed by atoms with E-state index in [-0.39, 0.29) is 17.7 Å². The van der Waals surface area contributed by atoms with Gasteiger partial charge in [-0.2, -0.15) is 0 Å². The quantitative estimate of drug-likeness (QED) is 0.850. The van der Waals surface area contributed by atoms with Crippen molar-refractivity contribution in [2.75, 3.05) is 13.1 Å². The largest absolute Gasteiger partial charge is 0.366 e. The van der Waals surface area contributed by atoms with Gasteiger partial charge < -0.3 is 10.6 Å². The van der Waals surface area contributed by atoms with Crippen molar-refractivity contribution in [3.8, 4) is 11.8 Å². The summed E-state index contributed by atoms with van der Waals surface area (Å²) in [6, 6.07) is 3.86. The van der Waals surface area contributed by atoms with E-state index in [0.29, 0.717) is 12.1 Å². The molecular weight excluding hydrogens is 300 g/mol. The molecule has 3 rings (SSSR count). The lowest BCUT2D eigenvalue weighted by Crippen LogP contribution is -2.38. The van der Waals surface area contributed by atoms with Gasteiger partial charge in [-0.25, -0.2) is 0 Å². The van der Waals surface area contributed by atoms with Gasteiger partial charge in [-0.3, -0.25) is 9.59 Å². The van der Waals surface area contributed by atoms with Crippen molar-refractivity contribution >= 4 is 17.4 Å². The van der Waals surface area contributed by atoms with Crippen LogP contribution in [-0.4, -0.2) is 29.8 Å². The first-order chi connectivity index (χ1) is 11.5. The predicted octanol–water partition coefficient (Wildman–Crippen LogP) is 2.47. The first-order valence-electron chi connectivity index (χ1n) is 8.37. The normalized spacial score (nSPS) is 19.2. The molecule has 2 amide bonds. The molecule has 0 aromatic heterocycles. The van der Waals surface area contributed by atoms with E-state index in [1.807, 2.05) is 17.0 Å². The summed E-state index contributed by atoms with van der Waals surface area (Å²) in [7, 11) is 0. The fourth-order valence-electron chi connectivity index (χ4n) is 3.87. The molecule has 1 unspecified atom stereocenters. The molecule has 0 spiro atoms. The number of hydrogen-bond acceptors (Lipinski definition) is 2. The maximum absolute atomic E-state index is 12.1. The van der Waals surface area contributed by atoms with E-state index in [4.69, 9.17) is 5.73 Å². The average molecular weight is 322 g/mol. The number of carbonyl (C=O) groups excluding carboxylic acids is 2. The highest BCUT2D eigenvalue weighted by Gasteiger charge is 2.29. The molecule has 0 bridgehead atoms. The Morgan fingerprint density at radius 2 is 2.12 bits per heavy atom. The van der Waals surface area contributed by atoms with Crippen LogP contribution >= 0.6 is 0 Å². The van der Waals surface area contributed by atoms with Crippen LogP contribution in [0.3, 0.4) is 0 Å². The molecule has 2 aliphatic rings. The molecule has 1 aliphatic carbocycles. The maximum Gasteiger partial charge on any atom is 0.298 e. The number of nitrogens with zero attached hydrogens (tertiary/aromatic N) is 1. The third-order valence-corrected chi connectivity index (χ3v) is 5.00. The van der Waals surface area contributed by atoms with Crippen LogP contribution in [0.2, 0.25) is 0 Å². The Morgan fingerprint density at radius 3 is 2.83 bits per heavy atom. The van der Waals surface area contributed by atoms with E-state index < -0.39 is 0 Å². The van der Waals surface area contributed by atoms with Gasteiger partial charge in [0.05, 0.1) is 0 Å². The van der Waals surface area contributed by atoms with E-state index in [1.165, 1.54) is 11.1 Å². The van der Waals surface area contributed by atoms with Crippen molar-refractivity contribution in [1.29, 1.82) is 0 Å². The van der Waals surface area contributed by atoms with Gasteiger partial charge in [-0.15, -0.1) is 0 Å². The van der Waals surface area contributed by atoms with E-state index >= 15 is 0 Å². The van der Waals surface area contributed by atoms with Crippen molar-refractivity contribution in [3.05, 3.63) is 40.5 Å². The number of nitrogens with two attached hydrogens (primary N) is 1. The lowest BCUT2D eigenvalue weighted by Gasteiger charge is -2.33. The summed E-state index contributed by atoms with van der Waals surface area (Å²) in [6.45, 7) is 5.21. The molecule has 24 heavy (non-hydrogen) atoms. The summed E-state index contributed by atoms with van der Waals surface area (Å²) >= 11 is 0. The third kappa shape index (κ3) is 2.82. The Balaban J connectivity index is 1.96. The van der Waals surface area contributed by atoms with Crippen molar-refractivity contribution in [3.63, 3.8) is 0 Å². The van der Waals surface area contributed by atoms with Crippen LogP contribution < -0.4 is 5.73 Å². The Kier molecular flexibility index (Phi) is 4.44. The topological polar surface area (TPSA) is 63.4 Å². The summed E-state index contributed by atoms with van der Waals surface area (Å²) in [5.41, 5.74) is 10.8. The van der Waals surface area contributed by atoms with Crippen LogP contribution in [0.5, 0.6) is 0 Å². The first-order valence-corrected chi connectivity index (χ1v) is 8.37. The molecule has 1 heterocycles. The van der Waals surface area contributed by atoms with E-state index in [0.717, 1.165) is 36.9 Å². The van der Waals surface area contributed by atoms with Crippen molar-refractivity contribution in [2.45, 2.75) is 39.0 Å². The highest BCUT2D eigenvalue weighted by molar-refractivity contribution is 5.97. The van der Waals surface area contributed by atoms with Crippen molar-refractivity contribution < 1.29 is 9.59 Å². The summed E-state index contributed by atoms with van der Waals surface area (Å²) < 4.78 is 0. The summed E-state index contributed by atoms with van der Waals surface area (Å²) in [5.74, 6) is 5.13. The molecule has 0 radical (unpaired) electrons. The standard InChI is InChI=1S/C20H22N2O2/c1-3-5-18(23)22-11-4-6-14(12-22)15-9-10-17(20(21)24)16-8-7-13(2)19(15)16/h7,9-10,14H,4,6,8,11-12H2,1-2H3,(H2,21,24). The van der Waals surface area contributed by atoms with Crippen LogP contribution in [0, 0.1) is 11.8 Å². The van der Waals surface area contributed by atoms with Gasteiger partial charge in [0.25, 0.3) is 5.91 Å². The third-order valence-electron chi connectivity index (χ3n) is 5.00. The number of carbonyl (C=O) groups is 2. The Morgan fingerprint density at radius 1 is 1.33 bits per heavy atom. The summed E-state index contributed by atoms with van der Waals surface area (Å²) in [4.78, 5) is 25.6. The lowest BCUT2D eigenvalue weighted by molar-refractivity contribution is -0.126. The lowest BCUT2D eigenvalue weighted by atomic mass is 9.83. The zero-order valence-electron chi connectivity index (χ0n) is 14.2. The zero-order valence-corrected chi connectivity index (χ0v) is 14.2. The number of allylic oxidation sites excluding steroid dienone is 2. The number of amides is 2. The maximum atomic E-state index is 12.1. The average Bonchev–Trinajstić information content (AvgIpc) is 2.96. The molecule has 0 saturated carbocycles. The van der Waals surface area contributed by atoms with E-state index in [1.54, 1.807) is 6.92 Å². The number of rotatable bonds is 2. The molecule has 1 atom stereocenters. The number of primary amides is 1. The monoisotopic (exact) mass is 322 g/mol. The fraction of sp³-hybridized carbons (Fsp3) is 0.400. The minimum Gasteiger partial charge on any atom is -0.366 e. The molecule has 4 nitrogen and oxygen atoms in total. The van der Waals surface area contributed by atoms with Crippen molar-refractivity contribution in [2.24, 2.45) is 5.73 Å². The fourth-order valence-corrected chi connectivity index (χ4v) is 3.87. The molecule has 1 fully saturated rings. The van der Waals surface area contributed by atoms with Gasteiger partial charge in [0.2, 0.25) is 5.91 Å². The first kappa shape index (κ1) is 16.3. The second-order valence-corrected chi connectivity index (χ2v) is 6.48. The summed E-state index contributed by atoms with van der Waals surface area (Å²) in [5, 5.41) is 0. The van der Waals surface area contributed by atoms with Gasteiger partial charge in [0.1, 0.15) is 0 Å².